The third-order valence-electron chi connectivity index (χ3n) is 4.69. The molecule has 0 saturated heterocycles. The first-order valence-corrected chi connectivity index (χ1v) is 9.40. The summed E-state index contributed by atoms with van der Waals surface area (Å²) in [6.45, 7) is 2.28. The number of amides is 2. The smallest absolute Gasteiger partial charge is 0.256 e. The van der Waals surface area contributed by atoms with Crippen molar-refractivity contribution in [2.45, 2.75) is 13.5 Å². The first-order valence-electron chi connectivity index (χ1n) is 9.40. The monoisotopic (exact) mass is 400 g/mol. The van der Waals surface area contributed by atoms with Crippen molar-refractivity contribution in [3.8, 4) is 0 Å². The summed E-state index contributed by atoms with van der Waals surface area (Å²) >= 11 is 0. The second kappa shape index (κ2) is 8.08. The Kier molecular flexibility index (Phi) is 5.17. The Hall–Kier alpha value is -4.13. The van der Waals surface area contributed by atoms with Gasteiger partial charge >= 0.3 is 0 Å². The molecular formula is C23H20N4O3. The van der Waals surface area contributed by atoms with Crippen LogP contribution >= 0.6 is 0 Å². The van der Waals surface area contributed by atoms with Crippen molar-refractivity contribution in [1.82, 2.24) is 10.5 Å². The molecule has 0 aliphatic rings. The van der Waals surface area contributed by atoms with E-state index in [1.54, 1.807) is 30.3 Å². The van der Waals surface area contributed by atoms with Gasteiger partial charge in [0.05, 0.1) is 10.9 Å². The number of nitrogens with zero attached hydrogens (tertiary/aromatic N) is 1. The number of rotatable bonds is 5. The predicted octanol–water partition coefficient (Wildman–Crippen LogP) is 3.90. The molecule has 7 heteroatoms. The standard InChI is InChI=1S/C23H20N4O3/c1-14-5-2-7-16(11-14)22(28)25-13-15-6-3-8-17(12-15)26-23(29)18-9-4-10-19-20(18)21(24)27-30-19/h2-12H,13H2,1H3,(H2,24,27)(H,25,28)(H,26,29). The van der Waals surface area contributed by atoms with Crippen LogP contribution in [0.2, 0.25) is 0 Å². The minimum Gasteiger partial charge on any atom is -0.380 e. The van der Waals surface area contributed by atoms with Gasteiger partial charge in [-0.3, -0.25) is 9.59 Å². The molecular weight excluding hydrogens is 380 g/mol. The zero-order valence-corrected chi connectivity index (χ0v) is 16.3. The first kappa shape index (κ1) is 19.2. The molecule has 7 nitrogen and oxygen atoms in total. The maximum atomic E-state index is 12.8. The first-order chi connectivity index (χ1) is 14.5. The Bertz CT molecular complexity index is 1250. The van der Waals surface area contributed by atoms with Crippen molar-refractivity contribution in [2.24, 2.45) is 0 Å². The fourth-order valence-electron chi connectivity index (χ4n) is 3.23. The van der Waals surface area contributed by atoms with E-state index < -0.39 is 0 Å². The van der Waals surface area contributed by atoms with Gasteiger partial charge in [-0.1, -0.05) is 41.1 Å². The van der Waals surface area contributed by atoms with Gasteiger partial charge in [0.1, 0.15) is 0 Å². The van der Waals surface area contributed by atoms with Crippen LogP contribution in [0.5, 0.6) is 0 Å². The van der Waals surface area contributed by atoms with Crippen molar-refractivity contribution in [2.75, 3.05) is 11.1 Å². The summed E-state index contributed by atoms with van der Waals surface area (Å²) in [7, 11) is 0. The lowest BCUT2D eigenvalue weighted by atomic mass is 10.1. The maximum Gasteiger partial charge on any atom is 0.256 e. The molecule has 4 aromatic rings. The van der Waals surface area contributed by atoms with E-state index in [1.807, 2.05) is 43.3 Å². The fraction of sp³-hybridized carbons (Fsp3) is 0.0870. The number of fused-ring (bicyclic) bond motifs is 1. The number of hydrogen-bond donors (Lipinski definition) is 3. The molecule has 2 amide bonds. The zero-order valence-electron chi connectivity index (χ0n) is 16.3. The third-order valence-corrected chi connectivity index (χ3v) is 4.69. The molecule has 0 unspecified atom stereocenters. The number of nitrogens with one attached hydrogen (secondary N) is 2. The third kappa shape index (κ3) is 4.00. The van der Waals surface area contributed by atoms with Gasteiger partial charge in [-0.2, -0.15) is 0 Å². The summed E-state index contributed by atoms with van der Waals surface area (Å²) in [5, 5.41) is 9.95. The van der Waals surface area contributed by atoms with E-state index in [1.165, 1.54) is 0 Å². The van der Waals surface area contributed by atoms with Crippen LogP contribution in [0.3, 0.4) is 0 Å². The van der Waals surface area contributed by atoms with Gasteiger partial charge in [-0.15, -0.1) is 0 Å². The number of aryl methyl sites for hydroxylation is 1. The highest BCUT2D eigenvalue weighted by molar-refractivity contribution is 6.14. The van der Waals surface area contributed by atoms with Gasteiger partial charge in [-0.25, -0.2) is 0 Å². The average molecular weight is 400 g/mol. The Morgan fingerprint density at radius 1 is 1.00 bits per heavy atom. The SMILES string of the molecule is Cc1cccc(C(=O)NCc2cccc(NC(=O)c3cccc4onc(N)c34)c2)c1. The van der Waals surface area contributed by atoms with Gasteiger partial charge < -0.3 is 20.9 Å². The number of benzene rings is 3. The summed E-state index contributed by atoms with van der Waals surface area (Å²) in [6.07, 6.45) is 0. The normalized spacial score (nSPS) is 10.7. The van der Waals surface area contributed by atoms with E-state index in [-0.39, 0.29) is 17.6 Å². The fourth-order valence-corrected chi connectivity index (χ4v) is 3.23. The second-order valence-corrected chi connectivity index (χ2v) is 6.95. The van der Waals surface area contributed by atoms with Crippen LogP contribution in [0.1, 0.15) is 31.8 Å². The minimum absolute atomic E-state index is 0.150. The van der Waals surface area contributed by atoms with Crippen molar-refractivity contribution in [3.05, 3.63) is 89.0 Å². The van der Waals surface area contributed by atoms with E-state index in [0.717, 1.165) is 11.1 Å². The van der Waals surface area contributed by atoms with E-state index in [2.05, 4.69) is 15.8 Å². The van der Waals surface area contributed by atoms with Crippen LogP contribution in [0.4, 0.5) is 11.5 Å². The molecule has 0 aliphatic heterocycles. The van der Waals surface area contributed by atoms with Gasteiger partial charge in [0.25, 0.3) is 11.8 Å². The molecule has 4 rings (SSSR count). The molecule has 0 aliphatic carbocycles. The number of carbonyl (C=O) groups excluding carboxylic acids is 2. The molecule has 150 valence electrons. The van der Waals surface area contributed by atoms with E-state index >= 15 is 0 Å². The van der Waals surface area contributed by atoms with Gasteiger partial charge in [-0.05, 0) is 48.9 Å². The molecule has 1 heterocycles. The molecule has 0 saturated carbocycles. The Balaban J connectivity index is 1.46. The number of hydrogen-bond acceptors (Lipinski definition) is 5. The summed E-state index contributed by atoms with van der Waals surface area (Å²) < 4.78 is 5.11. The highest BCUT2D eigenvalue weighted by Gasteiger charge is 2.16. The Morgan fingerprint density at radius 2 is 1.80 bits per heavy atom. The van der Waals surface area contributed by atoms with Crippen molar-refractivity contribution in [3.63, 3.8) is 0 Å². The number of nitrogen functional groups attached to an aromatic ring is 1. The largest absolute Gasteiger partial charge is 0.380 e. The number of anilines is 2. The van der Waals surface area contributed by atoms with Gasteiger partial charge in [0.15, 0.2) is 11.4 Å². The molecule has 0 atom stereocenters. The lowest BCUT2D eigenvalue weighted by Gasteiger charge is -2.10. The number of aromatic nitrogens is 1. The Labute approximate surface area is 172 Å². The molecule has 0 radical (unpaired) electrons. The van der Waals surface area contributed by atoms with Crippen molar-refractivity contribution >= 4 is 34.3 Å². The van der Waals surface area contributed by atoms with E-state index in [0.29, 0.717) is 34.3 Å². The average Bonchev–Trinajstić information content (AvgIpc) is 3.13. The van der Waals surface area contributed by atoms with E-state index in [9.17, 15) is 9.59 Å². The number of carbonyl (C=O) groups is 2. The summed E-state index contributed by atoms with van der Waals surface area (Å²) in [5.41, 5.74) is 9.76. The zero-order chi connectivity index (χ0) is 21.1. The van der Waals surface area contributed by atoms with Gasteiger partial charge in [0.2, 0.25) is 0 Å². The molecule has 0 spiro atoms. The quantitative estimate of drug-likeness (QED) is 0.471. The van der Waals surface area contributed by atoms with Crippen LogP contribution in [0.15, 0.2) is 71.3 Å². The maximum absolute atomic E-state index is 12.8. The van der Waals surface area contributed by atoms with Gasteiger partial charge in [0, 0.05) is 17.8 Å². The highest BCUT2D eigenvalue weighted by atomic mass is 16.5. The highest BCUT2D eigenvalue weighted by Crippen LogP contribution is 2.25. The van der Waals surface area contributed by atoms with Crippen LogP contribution in [0.25, 0.3) is 11.0 Å². The molecule has 0 fully saturated rings. The van der Waals surface area contributed by atoms with Crippen LogP contribution < -0.4 is 16.4 Å². The summed E-state index contributed by atoms with van der Waals surface area (Å²) in [6, 6.07) is 19.8. The predicted molar refractivity (Wildman–Crippen MR) is 115 cm³/mol. The molecule has 3 aromatic carbocycles. The molecule has 30 heavy (non-hydrogen) atoms. The van der Waals surface area contributed by atoms with Crippen LogP contribution in [-0.2, 0) is 6.54 Å². The lowest BCUT2D eigenvalue weighted by Crippen LogP contribution is -2.23. The van der Waals surface area contributed by atoms with Crippen molar-refractivity contribution in [1.29, 1.82) is 0 Å². The summed E-state index contributed by atoms with van der Waals surface area (Å²) in [5.74, 6) is -0.303. The summed E-state index contributed by atoms with van der Waals surface area (Å²) in [4.78, 5) is 25.1. The Morgan fingerprint density at radius 3 is 2.63 bits per heavy atom. The lowest BCUT2D eigenvalue weighted by molar-refractivity contribution is 0.0950. The number of nitrogens with two attached hydrogens (primary N) is 1. The second-order valence-electron chi connectivity index (χ2n) is 6.95. The van der Waals surface area contributed by atoms with Crippen LogP contribution in [-0.4, -0.2) is 17.0 Å². The van der Waals surface area contributed by atoms with Crippen LogP contribution in [0, 0.1) is 6.92 Å². The molecule has 4 N–H and O–H groups in total. The van der Waals surface area contributed by atoms with E-state index in [4.69, 9.17) is 10.3 Å². The molecule has 0 bridgehead atoms. The van der Waals surface area contributed by atoms with Crippen molar-refractivity contribution < 1.29 is 14.1 Å². The molecule has 1 aromatic heterocycles. The topological polar surface area (TPSA) is 110 Å². The minimum atomic E-state index is -0.323.